The van der Waals surface area contributed by atoms with E-state index in [2.05, 4.69) is 232 Å². The molecule has 8 aromatic rings. The van der Waals surface area contributed by atoms with Gasteiger partial charge in [0.15, 0.2) is 0 Å². The molecule has 0 saturated heterocycles. The molecule has 0 spiro atoms. The summed E-state index contributed by atoms with van der Waals surface area (Å²) in [5.41, 5.74) is 22.5. The number of hydrogen-bond acceptors (Lipinski definition) is 5. The van der Waals surface area contributed by atoms with Gasteiger partial charge in [-0.25, -0.2) is 0 Å². The van der Waals surface area contributed by atoms with Crippen LogP contribution in [0.2, 0.25) is 0 Å². The van der Waals surface area contributed by atoms with E-state index in [-0.39, 0.29) is 10.8 Å². The van der Waals surface area contributed by atoms with E-state index in [0.717, 1.165) is 50.8 Å². The monoisotopic (exact) mass is 908 g/mol. The average molecular weight is 909 g/mol. The summed E-state index contributed by atoms with van der Waals surface area (Å²) in [6.07, 6.45) is 2.07. The lowest BCUT2D eigenvalue weighted by molar-refractivity contribution is 0.0845. The van der Waals surface area contributed by atoms with Crippen molar-refractivity contribution in [3.05, 3.63) is 222 Å². The zero-order valence-electron chi connectivity index (χ0n) is 40.3. The highest BCUT2D eigenvalue weighted by molar-refractivity contribution is 6.67. The normalized spacial score (nSPS) is 14.0. The second-order valence-electron chi connectivity index (χ2n) is 18.7. The highest BCUT2D eigenvalue weighted by Gasteiger charge is 2.38. The van der Waals surface area contributed by atoms with E-state index >= 15 is 0 Å². The van der Waals surface area contributed by atoms with Crippen LogP contribution in [0, 0.1) is 0 Å². The summed E-state index contributed by atoms with van der Waals surface area (Å²) in [6.45, 7) is 16.9. The molecule has 2 aliphatic carbocycles. The number of nitrogens with zero attached hydrogens (tertiary/aromatic N) is 2. The molecule has 0 amide bonds. The first-order valence-corrected chi connectivity index (χ1v) is 25.9. The highest BCUT2D eigenvalue weighted by atomic mass is 28.4. The second kappa shape index (κ2) is 18.4. The van der Waals surface area contributed by atoms with Crippen LogP contribution in [0.25, 0.3) is 39.5 Å². The van der Waals surface area contributed by atoms with Crippen LogP contribution in [0.1, 0.15) is 76.3 Å². The molecular weight excluding hydrogens is 849 g/mol. The minimum Gasteiger partial charge on any atom is -0.371 e. The zero-order chi connectivity index (χ0) is 47.0. The lowest BCUT2D eigenvalue weighted by Crippen LogP contribution is -2.44. The molecular formula is C62H60N2O3Si. The van der Waals surface area contributed by atoms with Crippen molar-refractivity contribution in [1.29, 1.82) is 0 Å². The molecule has 0 atom stereocenters. The summed E-state index contributed by atoms with van der Waals surface area (Å²) in [4.78, 5) is 4.74. The van der Waals surface area contributed by atoms with Crippen LogP contribution in [0.3, 0.4) is 0 Å². The first kappa shape index (κ1) is 45.0. The van der Waals surface area contributed by atoms with Gasteiger partial charge in [-0.05, 0) is 160 Å². The Labute approximate surface area is 404 Å². The number of benzene rings is 8. The Hall–Kier alpha value is -6.80. The molecule has 68 heavy (non-hydrogen) atoms. The van der Waals surface area contributed by atoms with Crippen LogP contribution in [0.4, 0.5) is 34.1 Å². The number of para-hydroxylation sites is 1. The van der Waals surface area contributed by atoms with Gasteiger partial charge in [-0.2, -0.15) is 0 Å². The smallest absolute Gasteiger partial charge is 0.371 e. The summed E-state index contributed by atoms with van der Waals surface area (Å²) in [5, 5.41) is 0. The first-order valence-electron chi connectivity index (χ1n) is 24.1. The fourth-order valence-corrected chi connectivity index (χ4v) is 12.7. The fraction of sp³-hybridized carbons (Fsp3) is 0.194. The SMILES string of the molecule is CCO[Si](C=Cc1ccc(N(c2ccc(-c3ccc(N(c4ccccc4)c4ccc5c(c4)-c4ccccc4C5(C)C)cc3)cc2)c2ccc3c(c2)C(C)(C)c2ccccc2-3)cc1)(OCC)OCC. The molecule has 340 valence electrons. The van der Waals surface area contributed by atoms with E-state index in [1.54, 1.807) is 0 Å². The fourth-order valence-electron chi connectivity index (χ4n) is 10.6. The van der Waals surface area contributed by atoms with Gasteiger partial charge in [0.25, 0.3) is 0 Å². The minimum absolute atomic E-state index is 0.0450. The average Bonchev–Trinajstić information content (AvgIpc) is 3.74. The number of rotatable bonds is 15. The predicted octanol–water partition coefficient (Wildman–Crippen LogP) is 16.5. The van der Waals surface area contributed by atoms with Crippen molar-refractivity contribution in [2.24, 2.45) is 0 Å². The summed E-state index contributed by atoms with van der Waals surface area (Å²) >= 11 is 0. The molecule has 0 aromatic heterocycles. The van der Waals surface area contributed by atoms with E-state index in [9.17, 15) is 0 Å². The van der Waals surface area contributed by atoms with Crippen LogP contribution in [-0.2, 0) is 24.1 Å². The molecule has 5 nitrogen and oxygen atoms in total. The summed E-state index contributed by atoms with van der Waals surface area (Å²) in [5.74, 6) is 0. The van der Waals surface area contributed by atoms with Crippen LogP contribution in [0.5, 0.6) is 0 Å². The standard InChI is InChI=1S/C62H60N2O3Si/c1-8-65-68(66-9-2,67-10-3)41-40-44-24-30-48(31-25-44)64(52-36-38-55-53-20-14-16-22-57(53)62(6,7)60(55)43-52)50-34-28-46(29-35-50)45-26-32-49(33-27-45)63(47-18-12-11-13-19-47)51-37-39-59-56(42-51)54-21-15-17-23-58(54)61(59,4)5/h11-43H,8-10H2,1-7H3. The van der Waals surface area contributed by atoms with E-state index in [1.807, 2.05) is 26.5 Å². The summed E-state index contributed by atoms with van der Waals surface area (Å²) in [7, 11) is -2.96. The minimum atomic E-state index is -2.96. The molecule has 0 radical (unpaired) electrons. The maximum absolute atomic E-state index is 6.11. The topological polar surface area (TPSA) is 34.2 Å². The van der Waals surface area contributed by atoms with Crippen molar-refractivity contribution in [2.75, 3.05) is 29.6 Å². The van der Waals surface area contributed by atoms with Crippen LogP contribution in [0.15, 0.2) is 194 Å². The van der Waals surface area contributed by atoms with Crippen molar-refractivity contribution < 1.29 is 13.3 Å². The molecule has 10 rings (SSSR count). The van der Waals surface area contributed by atoms with Crippen LogP contribution >= 0.6 is 0 Å². The predicted molar refractivity (Wildman–Crippen MR) is 286 cm³/mol. The van der Waals surface area contributed by atoms with Gasteiger partial charge < -0.3 is 23.1 Å². The molecule has 0 saturated carbocycles. The third-order valence-corrected chi connectivity index (χ3v) is 16.6. The lowest BCUT2D eigenvalue weighted by Gasteiger charge is -2.28. The van der Waals surface area contributed by atoms with Gasteiger partial charge >= 0.3 is 8.80 Å². The van der Waals surface area contributed by atoms with Gasteiger partial charge in [0, 0.05) is 64.8 Å². The lowest BCUT2D eigenvalue weighted by atomic mass is 9.82. The van der Waals surface area contributed by atoms with Crippen molar-refractivity contribution in [3.63, 3.8) is 0 Å². The summed E-state index contributed by atoms with van der Waals surface area (Å²) < 4.78 is 18.3. The molecule has 0 heterocycles. The maximum atomic E-state index is 6.11. The summed E-state index contributed by atoms with van der Waals surface area (Å²) in [6, 6.07) is 69.0. The van der Waals surface area contributed by atoms with Gasteiger partial charge in [-0.15, -0.1) is 0 Å². The maximum Gasteiger partial charge on any atom is 0.529 e. The molecule has 8 aromatic carbocycles. The number of hydrogen-bond donors (Lipinski definition) is 0. The molecule has 0 bridgehead atoms. The third-order valence-electron chi connectivity index (χ3n) is 13.9. The van der Waals surface area contributed by atoms with Gasteiger partial charge in [0.1, 0.15) is 0 Å². The van der Waals surface area contributed by atoms with E-state index < -0.39 is 8.80 Å². The Bertz CT molecular complexity index is 3090. The second-order valence-corrected chi connectivity index (χ2v) is 21.1. The van der Waals surface area contributed by atoms with Crippen LogP contribution < -0.4 is 9.80 Å². The Balaban J connectivity index is 0.985. The number of anilines is 6. The van der Waals surface area contributed by atoms with Gasteiger partial charge in [-0.3, -0.25) is 0 Å². The highest BCUT2D eigenvalue weighted by Crippen LogP contribution is 2.52. The Morgan fingerprint density at radius 2 is 0.779 bits per heavy atom. The van der Waals surface area contributed by atoms with E-state index in [1.165, 1.54) is 44.5 Å². The van der Waals surface area contributed by atoms with Crippen molar-refractivity contribution >= 4 is 49.0 Å². The van der Waals surface area contributed by atoms with Crippen molar-refractivity contribution in [3.8, 4) is 33.4 Å². The van der Waals surface area contributed by atoms with Gasteiger partial charge in [0.2, 0.25) is 0 Å². The largest absolute Gasteiger partial charge is 0.529 e. The number of fused-ring (bicyclic) bond motifs is 6. The molecule has 6 heteroatoms. The first-order chi connectivity index (χ1) is 33.0. The Morgan fingerprint density at radius 3 is 1.32 bits per heavy atom. The molecule has 0 N–H and O–H groups in total. The molecule has 2 aliphatic rings. The molecule has 0 fully saturated rings. The van der Waals surface area contributed by atoms with E-state index in [0.29, 0.717) is 19.8 Å². The Morgan fingerprint density at radius 1 is 0.382 bits per heavy atom. The van der Waals surface area contributed by atoms with Crippen LogP contribution in [-0.4, -0.2) is 28.6 Å². The van der Waals surface area contributed by atoms with Gasteiger partial charge in [0.05, 0.1) is 0 Å². The third kappa shape index (κ3) is 8.11. The van der Waals surface area contributed by atoms with E-state index in [4.69, 9.17) is 13.3 Å². The molecule has 0 unspecified atom stereocenters. The molecule has 0 aliphatic heterocycles. The van der Waals surface area contributed by atoms with Crippen molar-refractivity contribution in [1.82, 2.24) is 0 Å². The zero-order valence-corrected chi connectivity index (χ0v) is 41.3. The van der Waals surface area contributed by atoms with Crippen molar-refractivity contribution in [2.45, 2.75) is 59.3 Å². The Kier molecular flexibility index (Phi) is 12.1. The quantitative estimate of drug-likeness (QED) is 0.0958. The van der Waals surface area contributed by atoms with Gasteiger partial charge in [-0.1, -0.05) is 149 Å².